The maximum Gasteiger partial charge on any atom is 0.318 e. The van der Waals surface area contributed by atoms with Crippen LogP contribution in [0.3, 0.4) is 0 Å². The minimum absolute atomic E-state index is 0.142. The first-order valence-electron chi connectivity index (χ1n) is 11.7. The number of amides is 3. The Bertz CT molecular complexity index is 1200. The standard InChI is InChI=1S/C27H29FN4O4/c1-35-23-14-20-10-13-32(26(22(20)15-24(23)36-2)19-5-7-21(28)8-6-19)27(34)30-12-9-25(33)31-17-18-4-3-11-29-16-18/h3-8,11,14-16,26H,9-10,12-13,17H2,1-2H3,(H,30,34)(H,31,33). The lowest BCUT2D eigenvalue weighted by Crippen LogP contribution is -2.46. The van der Waals surface area contributed by atoms with E-state index >= 15 is 0 Å². The van der Waals surface area contributed by atoms with Crippen LogP contribution in [-0.4, -0.2) is 49.1 Å². The van der Waals surface area contributed by atoms with Crippen LogP contribution >= 0.6 is 0 Å². The molecule has 2 aromatic carbocycles. The number of carbonyl (C=O) groups excluding carboxylic acids is 2. The number of carbonyl (C=O) groups is 2. The number of hydrogen-bond acceptors (Lipinski definition) is 5. The summed E-state index contributed by atoms with van der Waals surface area (Å²) in [4.78, 5) is 31.2. The molecule has 36 heavy (non-hydrogen) atoms. The first-order valence-corrected chi connectivity index (χ1v) is 11.7. The first kappa shape index (κ1) is 25.0. The monoisotopic (exact) mass is 492 g/mol. The van der Waals surface area contributed by atoms with Gasteiger partial charge in [-0.3, -0.25) is 9.78 Å². The predicted molar refractivity (Wildman–Crippen MR) is 132 cm³/mol. The molecular weight excluding hydrogens is 463 g/mol. The van der Waals surface area contributed by atoms with Crippen LogP contribution in [0, 0.1) is 5.82 Å². The van der Waals surface area contributed by atoms with E-state index in [1.54, 1.807) is 43.6 Å². The Balaban J connectivity index is 1.47. The molecule has 8 nitrogen and oxygen atoms in total. The Kier molecular flexibility index (Phi) is 7.99. The fraction of sp³-hybridized carbons (Fsp3) is 0.296. The number of urea groups is 1. The Hall–Kier alpha value is -4.14. The van der Waals surface area contributed by atoms with Crippen molar-refractivity contribution in [3.63, 3.8) is 0 Å². The van der Waals surface area contributed by atoms with Gasteiger partial charge in [0.25, 0.3) is 0 Å². The maximum atomic E-state index is 13.7. The molecule has 3 amide bonds. The summed E-state index contributed by atoms with van der Waals surface area (Å²) in [6.45, 7) is 1.01. The molecule has 0 fully saturated rings. The first-order chi connectivity index (χ1) is 17.5. The molecule has 2 heterocycles. The SMILES string of the molecule is COc1cc2c(cc1OC)C(c1ccc(F)cc1)N(C(=O)NCCC(=O)NCc1cccnc1)CC2. The van der Waals surface area contributed by atoms with Crippen LogP contribution in [0.25, 0.3) is 0 Å². The molecule has 1 aromatic heterocycles. The quantitative estimate of drug-likeness (QED) is 0.501. The van der Waals surface area contributed by atoms with Crippen molar-refractivity contribution in [2.24, 2.45) is 0 Å². The van der Waals surface area contributed by atoms with Crippen LogP contribution in [0.1, 0.15) is 34.7 Å². The van der Waals surface area contributed by atoms with Crippen LogP contribution in [0.4, 0.5) is 9.18 Å². The lowest BCUT2D eigenvalue weighted by Gasteiger charge is -2.38. The number of benzene rings is 2. The lowest BCUT2D eigenvalue weighted by molar-refractivity contribution is -0.121. The second kappa shape index (κ2) is 11.5. The largest absolute Gasteiger partial charge is 0.493 e. The molecule has 188 valence electrons. The van der Waals surface area contributed by atoms with Crippen molar-refractivity contribution >= 4 is 11.9 Å². The van der Waals surface area contributed by atoms with Crippen LogP contribution in [0.5, 0.6) is 11.5 Å². The van der Waals surface area contributed by atoms with Crippen molar-refractivity contribution < 1.29 is 23.5 Å². The van der Waals surface area contributed by atoms with Crippen molar-refractivity contribution in [1.29, 1.82) is 0 Å². The van der Waals surface area contributed by atoms with E-state index in [1.165, 1.54) is 12.1 Å². The van der Waals surface area contributed by atoms with Gasteiger partial charge >= 0.3 is 6.03 Å². The third-order valence-electron chi connectivity index (χ3n) is 6.16. The number of nitrogens with zero attached hydrogens (tertiary/aromatic N) is 2. The molecule has 9 heteroatoms. The summed E-state index contributed by atoms with van der Waals surface area (Å²) in [5.74, 6) is 0.644. The Morgan fingerprint density at radius 1 is 1.08 bits per heavy atom. The molecule has 1 unspecified atom stereocenters. The molecule has 0 saturated carbocycles. The van der Waals surface area contributed by atoms with Gasteiger partial charge in [-0.05, 0) is 59.0 Å². The van der Waals surface area contributed by atoms with Crippen LogP contribution in [-0.2, 0) is 17.8 Å². The van der Waals surface area contributed by atoms with Crippen molar-refractivity contribution in [1.82, 2.24) is 20.5 Å². The van der Waals surface area contributed by atoms with Gasteiger partial charge in [0, 0.05) is 38.4 Å². The number of nitrogens with one attached hydrogen (secondary N) is 2. The Morgan fingerprint density at radius 2 is 1.83 bits per heavy atom. The van der Waals surface area contributed by atoms with Gasteiger partial charge in [0.15, 0.2) is 11.5 Å². The van der Waals surface area contributed by atoms with Crippen LogP contribution in [0.15, 0.2) is 60.9 Å². The van der Waals surface area contributed by atoms with E-state index in [-0.39, 0.29) is 30.7 Å². The van der Waals surface area contributed by atoms with Gasteiger partial charge < -0.3 is 25.0 Å². The van der Waals surface area contributed by atoms with Gasteiger partial charge in [0.05, 0.1) is 20.3 Å². The summed E-state index contributed by atoms with van der Waals surface area (Å²) in [5, 5.41) is 5.68. The van der Waals surface area contributed by atoms with Crippen molar-refractivity contribution in [3.05, 3.63) is 89.0 Å². The Labute approximate surface area is 209 Å². The number of aromatic nitrogens is 1. The van der Waals surface area contributed by atoms with Gasteiger partial charge in [-0.2, -0.15) is 0 Å². The minimum Gasteiger partial charge on any atom is -0.493 e. The van der Waals surface area contributed by atoms with E-state index in [0.29, 0.717) is 31.0 Å². The summed E-state index contributed by atoms with van der Waals surface area (Å²) < 4.78 is 24.6. The number of rotatable bonds is 8. The summed E-state index contributed by atoms with van der Waals surface area (Å²) in [5.41, 5.74) is 3.58. The maximum absolute atomic E-state index is 13.7. The third kappa shape index (κ3) is 5.73. The van der Waals surface area contributed by atoms with Gasteiger partial charge in [-0.1, -0.05) is 18.2 Å². The molecule has 0 aliphatic carbocycles. The average Bonchev–Trinajstić information content (AvgIpc) is 2.91. The summed E-state index contributed by atoms with van der Waals surface area (Å²) >= 11 is 0. The summed E-state index contributed by atoms with van der Waals surface area (Å²) in [6.07, 6.45) is 4.12. The van der Waals surface area contributed by atoms with Gasteiger partial charge in [-0.25, -0.2) is 9.18 Å². The fourth-order valence-electron chi connectivity index (χ4n) is 4.35. The highest BCUT2D eigenvalue weighted by Crippen LogP contribution is 2.41. The van der Waals surface area contributed by atoms with Crippen molar-refractivity contribution in [3.8, 4) is 11.5 Å². The second-order valence-electron chi connectivity index (χ2n) is 8.42. The van der Waals surface area contributed by atoms with Crippen molar-refractivity contribution in [2.45, 2.75) is 25.4 Å². The molecule has 0 saturated heterocycles. The molecular formula is C27H29FN4O4. The highest BCUT2D eigenvalue weighted by atomic mass is 19.1. The van der Waals surface area contributed by atoms with Crippen LogP contribution < -0.4 is 20.1 Å². The molecule has 4 rings (SSSR count). The zero-order chi connectivity index (χ0) is 25.5. The molecule has 1 aliphatic rings. The number of ether oxygens (including phenoxy) is 2. The van der Waals surface area contributed by atoms with E-state index in [0.717, 1.165) is 22.3 Å². The molecule has 3 aromatic rings. The van der Waals surface area contributed by atoms with E-state index in [9.17, 15) is 14.0 Å². The van der Waals surface area contributed by atoms with E-state index in [1.807, 2.05) is 24.3 Å². The molecule has 1 atom stereocenters. The predicted octanol–water partition coefficient (Wildman–Crippen LogP) is 3.60. The molecule has 0 spiro atoms. The number of halogens is 1. The second-order valence-corrected chi connectivity index (χ2v) is 8.42. The molecule has 0 radical (unpaired) electrons. The smallest absolute Gasteiger partial charge is 0.318 e. The zero-order valence-electron chi connectivity index (χ0n) is 20.3. The number of fused-ring (bicyclic) bond motifs is 1. The average molecular weight is 493 g/mol. The Morgan fingerprint density at radius 3 is 2.53 bits per heavy atom. The van der Waals surface area contributed by atoms with Crippen molar-refractivity contribution in [2.75, 3.05) is 27.3 Å². The zero-order valence-corrected chi connectivity index (χ0v) is 20.3. The molecule has 2 N–H and O–H groups in total. The number of methoxy groups -OCH3 is 2. The summed E-state index contributed by atoms with van der Waals surface area (Å²) in [7, 11) is 3.14. The lowest BCUT2D eigenvalue weighted by atomic mass is 9.88. The topological polar surface area (TPSA) is 92.8 Å². The highest BCUT2D eigenvalue weighted by molar-refractivity contribution is 5.79. The summed E-state index contributed by atoms with van der Waals surface area (Å²) in [6, 6.07) is 12.8. The molecule has 0 bridgehead atoms. The van der Waals surface area contributed by atoms with Crippen LogP contribution in [0.2, 0.25) is 0 Å². The number of pyridine rings is 1. The van der Waals surface area contributed by atoms with Gasteiger partial charge in [-0.15, -0.1) is 0 Å². The normalized spacial score (nSPS) is 14.5. The third-order valence-corrected chi connectivity index (χ3v) is 6.16. The minimum atomic E-state index is -0.450. The fourth-order valence-corrected chi connectivity index (χ4v) is 4.35. The molecule has 1 aliphatic heterocycles. The van der Waals surface area contributed by atoms with E-state index < -0.39 is 6.04 Å². The highest BCUT2D eigenvalue weighted by Gasteiger charge is 2.33. The van der Waals surface area contributed by atoms with E-state index in [4.69, 9.17) is 9.47 Å². The van der Waals surface area contributed by atoms with E-state index in [2.05, 4.69) is 15.6 Å². The van der Waals surface area contributed by atoms with Gasteiger partial charge in [0.1, 0.15) is 5.82 Å². The van der Waals surface area contributed by atoms with Gasteiger partial charge in [0.2, 0.25) is 5.91 Å². The number of hydrogen-bond donors (Lipinski definition) is 2.